The van der Waals surface area contributed by atoms with Crippen molar-refractivity contribution in [2.45, 2.75) is 26.7 Å². The molecule has 4 nitrogen and oxygen atoms in total. The molecule has 1 aliphatic heterocycles. The highest BCUT2D eigenvalue weighted by molar-refractivity contribution is 5.96. The number of piperidine rings is 1. The Labute approximate surface area is 153 Å². The van der Waals surface area contributed by atoms with Gasteiger partial charge in [-0.1, -0.05) is 18.2 Å². The van der Waals surface area contributed by atoms with Crippen molar-refractivity contribution < 1.29 is 14.0 Å². The number of amides is 2. The Morgan fingerprint density at radius 3 is 2.38 bits per heavy atom. The van der Waals surface area contributed by atoms with Gasteiger partial charge >= 0.3 is 0 Å². The molecule has 1 fully saturated rings. The van der Waals surface area contributed by atoms with Gasteiger partial charge in [-0.25, -0.2) is 4.39 Å². The molecule has 0 unspecified atom stereocenters. The minimum Gasteiger partial charge on any atom is -0.339 e. The van der Waals surface area contributed by atoms with Crippen LogP contribution in [0.1, 0.15) is 34.3 Å². The van der Waals surface area contributed by atoms with Gasteiger partial charge in [0.15, 0.2) is 0 Å². The van der Waals surface area contributed by atoms with Crippen LogP contribution in [0.15, 0.2) is 42.5 Å². The highest BCUT2D eigenvalue weighted by atomic mass is 19.1. The Hall–Kier alpha value is -2.69. The number of benzene rings is 2. The Morgan fingerprint density at radius 1 is 1.04 bits per heavy atom. The third-order valence-electron chi connectivity index (χ3n) is 4.97. The standard InChI is InChI=1S/C21H23FN2O2/c1-14-5-3-4-6-18(14)21(26)24-11-9-16(10-12-24)20(25)23-19-8-7-17(22)13-15(19)2/h3-8,13,16H,9-12H2,1-2H3,(H,23,25). The summed E-state index contributed by atoms with van der Waals surface area (Å²) in [6.45, 7) is 4.82. The van der Waals surface area contributed by atoms with Crippen LogP contribution in [-0.4, -0.2) is 29.8 Å². The topological polar surface area (TPSA) is 49.4 Å². The molecule has 5 heteroatoms. The van der Waals surface area contributed by atoms with Gasteiger partial charge in [-0.05, 0) is 62.1 Å². The smallest absolute Gasteiger partial charge is 0.254 e. The summed E-state index contributed by atoms with van der Waals surface area (Å²) >= 11 is 0. The number of anilines is 1. The van der Waals surface area contributed by atoms with Gasteiger partial charge in [-0.15, -0.1) is 0 Å². The van der Waals surface area contributed by atoms with Gasteiger partial charge < -0.3 is 10.2 Å². The molecule has 2 aromatic carbocycles. The van der Waals surface area contributed by atoms with Crippen molar-refractivity contribution in [3.05, 3.63) is 65.0 Å². The minimum absolute atomic E-state index is 0.0244. The van der Waals surface area contributed by atoms with Crippen LogP contribution in [0.5, 0.6) is 0 Å². The number of rotatable bonds is 3. The predicted molar refractivity (Wildman–Crippen MR) is 99.6 cm³/mol. The Morgan fingerprint density at radius 2 is 1.73 bits per heavy atom. The lowest BCUT2D eigenvalue weighted by Crippen LogP contribution is -2.41. The lowest BCUT2D eigenvalue weighted by Gasteiger charge is -2.31. The monoisotopic (exact) mass is 354 g/mol. The number of aryl methyl sites for hydroxylation is 2. The first-order valence-electron chi connectivity index (χ1n) is 8.87. The van der Waals surface area contributed by atoms with Crippen molar-refractivity contribution in [1.29, 1.82) is 0 Å². The highest BCUT2D eigenvalue weighted by Gasteiger charge is 2.28. The average molecular weight is 354 g/mol. The zero-order valence-corrected chi connectivity index (χ0v) is 15.1. The lowest BCUT2D eigenvalue weighted by atomic mass is 9.94. The molecule has 2 amide bonds. The molecule has 0 atom stereocenters. The number of halogens is 1. The summed E-state index contributed by atoms with van der Waals surface area (Å²) in [6.07, 6.45) is 1.26. The van der Waals surface area contributed by atoms with Crippen LogP contribution in [-0.2, 0) is 4.79 Å². The maximum Gasteiger partial charge on any atom is 0.254 e. The van der Waals surface area contributed by atoms with Crippen LogP contribution in [0.25, 0.3) is 0 Å². The van der Waals surface area contributed by atoms with E-state index in [9.17, 15) is 14.0 Å². The summed E-state index contributed by atoms with van der Waals surface area (Å²) in [5.74, 6) is -0.497. The molecule has 136 valence electrons. The number of nitrogens with one attached hydrogen (secondary N) is 1. The molecule has 1 heterocycles. The molecule has 1 N–H and O–H groups in total. The lowest BCUT2D eigenvalue weighted by molar-refractivity contribution is -0.121. The van der Waals surface area contributed by atoms with E-state index in [1.54, 1.807) is 13.0 Å². The van der Waals surface area contributed by atoms with E-state index in [0.29, 0.717) is 37.2 Å². The molecule has 0 bridgehead atoms. The van der Waals surface area contributed by atoms with Crippen molar-refractivity contribution in [1.82, 2.24) is 4.90 Å². The van der Waals surface area contributed by atoms with E-state index in [4.69, 9.17) is 0 Å². The first-order chi connectivity index (χ1) is 12.5. The molecule has 26 heavy (non-hydrogen) atoms. The van der Waals surface area contributed by atoms with Gasteiger partial charge in [0.25, 0.3) is 5.91 Å². The fraction of sp³-hybridized carbons (Fsp3) is 0.333. The number of carbonyl (C=O) groups excluding carboxylic acids is 2. The van der Waals surface area contributed by atoms with Gasteiger partial charge in [-0.3, -0.25) is 9.59 Å². The molecule has 0 radical (unpaired) electrons. The van der Waals surface area contributed by atoms with Gasteiger partial charge in [0.2, 0.25) is 5.91 Å². The number of carbonyl (C=O) groups is 2. The molecule has 0 aliphatic carbocycles. The minimum atomic E-state index is -0.316. The zero-order valence-electron chi connectivity index (χ0n) is 15.1. The summed E-state index contributed by atoms with van der Waals surface area (Å²) in [4.78, 5) is 27.0. The normalized spacial score (nSPS) is 15.0. The summed E-state index contributed by atoms with van der Waals surface area (Å²) in [5.41, 5.74) is 3.02. The van der Waals surface area contributed by atoms with Gasteiger partial charge in [0, 0.05) is 30.3 Å². The van der Waals surface area contributed by atoms with Crippen molar-refractivity contribution >= 4 is 17.5 Å². The van der Waals surface area contributed by atoms with Crippen LogP contribution in [0.4, 0.5) is 10.1 Å². The largest absolute Gasteiger partial charge is 0.339 e. The molecule has 1 aliphatic rings. The molecule has 0 spiro atoms. The summed E-state index contributed by atoms with van der Waals surface area (Å²) in [5, 5.41) is 2.88. The molecule has 1 saturated heterocycles. The SMILES string of the molecule is Cc1cc(F)ccc1NC(=O)C1CCN(C(=O)c2ccccc2C)CC1. The van der Waals surface area contributed by atoms with Crippen LogP contribution < -0.4 is 5.32 Å². The Balaban J connectivity index is 1.59. The first kappa shape index (κ1) is 18.1. The van der Waals surface area contributed by atoms with Crippen molar-refractivity contribution in [2.75, 3.05) is 18.4 Å². The summed E-state index contributed by atoms with van der Waals surface area (Å²) in [7, 11) is 0. The van der Waals surface area contributed by atoms with Crippen LogP contribution in [0.3, 0.4) is 0 Å². The van der Waals surface area contributed by atoms with Crippen LogP contribution in [0.2, 0.25) is 0 Å². The van der Waals surface area contributed by atoms with Crippen LogP contribution >= 0.6 is 0 Å². The van der Waals surface area contributed by atoms with Crippen LogP contribution in [0, 0.1) is 25.6 Å². The average Bonchev–Trinajstić information content (AvgIpc) is 2.64. The second-order valence-electron chi connectivity index (χ2n) is 6.83. The van der Waals surface area contributed by atoms with E-state index in [1.807, 2.05) is 36.1 Å². The first-order valence-corrected chi connectivity index (χ1v) is 8.87. The third-order valence-corrected chi connectivity index (χ3v) is 4.97. The molecule has 2 aromatic rings. The second kappa shape index (κ2) is 7.68. The molecular weight excluding hydrogens is 331 g/mol. The van der Waals surface area contributed by atoms with Crippen molar-refractivity contribution in [3.63, 3.8) is 0 Å². The molecule has 0 aromatic heterocycles. The number of nitrogens with zero attached hydrogens (tertiary/aromatic N) is 1. The van der Waals surface area contributed by atoms with Gasteiger partial charge in [0.1, 0.15) is 5.82 Å². The van der Waals surface area contributed by atoms with E-state index < -0.39 is 0 Å². The fourth-order valence-corrected chi connectivity index (χ4v) is 3.33. The second-order valence-corrected chi connectivity index (χ2v) is 6.83. The summed E-state index contributed by atoms with van der Waals surface area (Å²) in [6, 6.07) is 11.9. The van der Waals surface area contributed by atoms with E-state index in [1.165, 1.54) is 12.1 Å². The summed E-state index contributed by atoms with van der Waals surface area (Å²) < 4.78 is 13.2. The van der Waals surface area contributed by atoms with E-state index in [-0.39, 0.29) is 23.5 Å². The van der Waals surface area contributed by atoms with Gasteiger partial charge in [0.05, 0.1) is 0 Å². The quantitative estimate of drug-likeness (QED) is 0.908. The number of likely N-dealkylation sites (tertiary alicyclic amines) is 1. The zero-order chi connectivity index (χ0) is 18.7. The fourth-order valence-electron chi connectivity index (χ4n) is 3.33. The number of hydrogen-bond acceptors (Lipinski definition) is 2. The predicted octanol–water partition coefficient (Wildman–Crippen LogP) is 3.93. The van der Waals surface area contributed by atoms with E-state index in [0.717, 1.165) is 11.1 Å². The molecule has 0 saturated carbocycles. The van der Waals surface area contributed by atoms with Crippen molar-refractivity contribution in [2.24, 2.45) is 5.92 Å². The van der Waals surface area contributed by atoms with Crippen molar-refractivity contribution in [3.8, 4) is 0 Å². The molecule has 3 rings (SSSR count). The Kier molecular flexibility index (Phi) is 5.35. The Bertz CT molecular complexity index is 827. The third kappa shape index (κ3) is 3.93. The number of hydrogen-bond donors (Lipinski definition) is 1. The maximum atomic E-state index is 13.2. The van der Waals surface area contributed by atoms with E-state index >= 15 is 0 Å². The molecular formula is C21H23FN2O2. The van der Waals surface area contributed by atoms with Gasteiger partial charge in [-0.2, -0.15) is 0 Å². The maximum absolute atomic E-state index is 13.2. The van der Waals surface area contributed by atoms with E-state index in [2.05, 4.69) is 5.32 Å². The highest BCUT2D eigenvalue weighted by Crippen LogP contribution is 2.23.